The summed E-state index contributed by atoms with van der Waals surface area (Å²) in [6.07, 6.45) is 0.792. The van der Waals surface area contributed by atoms with Crippen molar-refractivity contribution in [2.45, 2.75) is 26.8 Å². The Hall–Kier alpha value is -4.01. The zero-order chi connectivity index (χ0) is 21.2. The van der Waals surface area contributed by atoms with E-state index in [0.29, 0.717) is 19.0 Å². The Balaban J connectivity index is 1.47. The number of fused-ring (bicyclic) bond motifs is 1. The van der Waals surface area contributed by atoms with E-state index in [2.05, 4.69) is 61.0 Å². The summed E-state index contributed by atoms with van der Waals surface area (Å²) >= 11 is 0. The molecular weight excluding hydrogens is 392 g/mol. The van der Waals surface area contributed by atoms with Crippen LogP contribution in [0.3, 0.4) is 0 Å². The van der Waals surface area contributed by atoms with Gasteiger partial charge >= 0.3 is 0 Å². The van der Waals surface area contributed by atoms with E-state index in [4.69, 9.17) is 4.74 Å². The molecule has 1 N–H and O–H groups in total. The monoisotopic (exact) mass is 414 g/mol. The van der Waals surface area contributed by atoms with Crippen molar-refractivity contribution in [2.75, 3.05) is 6.61 Å². The van der Waals surface area contributed by atoms with Gasteiger partial charge < -0.3 is 4.74 Å². The van der Waals surface area contributed by atoms with Crippen LogP contribution in [0.15, 0.2) is 54.6 Å². The van der Waals surface area contributed by atoms with Crippen molar-refractivity contribution in [3.05, 3.63) is 66.0 Å². The van der Waals surface area contributed by atoms with Crippen LogP contribution in [-0.4, -0.2) is 46.6 Å². The Morgan fingerprint density at radius 2 is 1.81 bits per heavy atom. The van der Waals surface area contributed by atoms with E-state index in [1.54, 1.807) is 0 Å². The van der Waals surface area contributed by atoms with Crippen LogP contribution in [0, 0.1) is 0 Å². The summed E-state index contributed by atoms with van der Waals surface area (Å²) < 4.78 is 9.65. The first-order valence-electron chi connectivity index (χ1n) is 10.3. The molecule has 5 aromatic rings. The highest BCUT2D eigenvalue weighted by Crippen LogP contribution is 2.30. The van der Waals surface area contributed by atoms with Crippen molar-refractivity contribution in [1.29, 1.82) is 0 Å². The smallest absolute Gasteiger partial charge is 0.214 e. The van der Waals surface area contributed by atoms with Crippen molar-refractivity contribution >= 4 is 5.65 Å². The molecule has 31 heavy (non-hydrogen) atoms. The molecule has 3 heterocycles. The minimum atomic E-state index is 0.577. The van der Waals surface area contributed by atoms with E-state index >= 15 is 0 Å². The number of aromatic nitrogens is 8. The topological polar surface area (TPSA) is 98.8 Å². The van der Waals surface area contributed by atoms with Crippen molar-refractivity contribution in [3.63, 3.8) is 0 Å². The predicted molar refractivity (Wildman–Crippen MR) is 116 cm³/mol. The molecule has 0 saturated heterocycles. The molecule has 0 radical (unpaired) electrons. The van der Waals surface area contributed by atoms with E-state index in [-0.39, 0.29) is 0 Å². The first kappa shape index (κ1) is 19.0. The SMILES string of the molecule is CCOc1cc2nc(CC)nn2n1Cc1ccc(-c2ccccc2-c2nn[nH]n2)cc1. The van der Waals surface area contributed by atoms with E-state index in [9.17, 15) is 0 Å². The lowest BCUT2D eigenvalue weighted by atomic mass is 9.98. The lowest BCUT2D eigenvalue weighted by Gasteiger charge is -2.11. The van der Waals surface area contributed by atoms with Gasteiger partial charge in [-0.25, -0.2) is 9.67 Å². The molecule has 0 fully saturated rings. The van der Waals surface area contributed by atoms with Crippen LogP contribution in [0.2, 0.25) is 0 Å². The average Bonchev–Trinajstić information content (AvgIpc) is 3.53. The van der Waals surface area contributed by atoms with Gasteiger partial charge in [0.2, 0.25) is 11.7 Å². The fourth-order valence-corrected chi connectivity index (χ4v) is 3.63. The summed E-state index contributed by atoms with van der Waals surface area (Å²) in [5.41, 5.74) is 5.00. The second kappa shape index (κ2) is 8.02. The average molecular weight is 414 g/mol. The number of ether oxygens (including phenoxy) is 1. The number of H-pyrrole nitrogens is 1. The number of hydrogen-bond acceptors (Lipinski definition) is 6. The minimum absolute atomic E-state index is 0.577. The van der Waals surface area contributed by atoms with Crippen LogP contribution >= 0.6 is 0 Å². The normalized spacial score (nSPS) is 11.3. The number of rotatable bonds is 7. The van der Waals surface area contributed by atoms with E-state index in [1.165, 1.54) is 0 Å². The van der Waals surface area contributed by atoms with Gasteiger partial charge in [-0.15, -0.1) is 19.9 Å². The molecule has 0 saturated carbocycles. The van der Waals surface area contributed by atoms with Crippen LogP contribution in [0.25, 0.3) is 28.2 Å². The number of hydrogen-bond donors (Lipinski definition) is 1. The van der Waals surface area contributed by atoms with Gasteiger partial charge in [-0.3, -0.25) is 0 Å². The summed E-state index contributed by atoms with van der Waals surface area (Å²) in [6.45, 7) is 5.23. The standard InChI is InChI=1S/C22H22N8O/c1-3-19-23-20-13-21(31-4-2)29(30(20)26-19)14-15-9-11-16(12-10-15)17-7-5-6-8-18(17)22-24-27-28-25-22/h5-13H,3-4,14H2,1-2H3,(H,24,25,27,28). The maximum atomic E-state index is 5.82. The fraction of sp³-hybridized carbons (Fsp3) is 0.227. The summed E-state index contributed by atoms with van der Waals surface area (Å²) in [4.78, 5) is 4.56. The molecule has 5 rings (SSSR count). The molecule has 0 unspecified atom stereocenters. The third-order valence-corrected chi connectivity index (χ3v) is 5.11. The lowest BCUT2D eigenvalue weighted by Crippen LogP contribution is -2.11. The molecule has 0 aliphatic carbocycles. The summed E-state index contributed by atoms with van der Waals surface area (Å²) in [5, 5.41) is 19.1. The molecule has 156 valence electrons. The summed E-state index contributed by atoms with van der Waals surface area (Å²) in [5.74, 6) is 2.15. The van der Waals surface area contributed by atoms with Gasteiger partial charge in [0.25, 0.3) is 0 Å². The highest BCUT2D eigenvalue weighted by molar-refractivity contribution is 5.80. The molecule has 0 spiro atoms. The molecule has 9 nitrogen and oxygen atoms in total. The maximum absolute atomic E-state index is 5.82. The van der Waals surface area contributed by atoms with Crippen molar-refractivity contribution < 1.29 is 4.74 Å². The van der Waals surface area contributed by atoms with Gasteiger partial charge in [0.05, 0.1) is 13.2 Å². The Labute approximate surface area is 178 Å². The number of tetrazole rings is 1. The zero-order valence-electron chi connectivity index (χ0n) is 17.4. The van der Waals surface area contributed by atoms with Crippen LogP contribution < -0.4 is 4.74 Å². The van der Waals surface area contributed by atoms with Gasteiger partial charge in [-0.05, 0) is 28.8 Å². The van der Waals surface area contributed by atoms with Crippen LogP contribution in [-0.2, 0) is 13.0 Å². The van der Waals surface area contributed by atoms with Crippen molar-refractivity contribution in [3.8, 4) is 28.4 Å². The van der Waals surface area contributed by atoms with E-state index in [0.717, 1.165) is 46.0 Å². The highest BCUT2D eigenvalue weighted by Gasteiger charge is 2.15. The number of benzene rings is 2. The molecule has 0 aliphatic rings. The first-order valence-corrected chi connectivity index (χ1v) is 10.3. The highest BCUT2D eigenvalue weighted by atomic mass is 16.5. The Morgan fingerprint density at radius 3 is 2.52 bits per heavy atom. The summed E-state index contributed by atoms with van der Waals surface area (Å²) in [7, 11) is 0. The second-order valence-electron chi connectivity index (χ2n) is 7.08. The van der Waals surface area contributed by atoms with Crippen molar-refractivity contribution in [1.82, 2.24) is 40.0 Å². The fourth-order valence-electron chi connectivity index (χ4n) is 3.63. The number of nitrogens with one attached hydrogen (secondary N) is 1. The Bertz CT molecular complexity index is 1300. The lowest BCUT2D eigenvalue weighted by molar-refractivity contribution is 0.298. The maximum Gasteiger partial charge on any atom is 0.214 e. The molecular formula is C22H22N8O. The quantitative estimate of drug-likeness (QED) is 0.438. The van der Waals surface area contributed by atoms with Gasteiger partial charge in [-0.2, -0.15) is 5.21 Å². The second-order valence-corrected chi connectivity index (χ2v) is 7.08. The van der Waals surface area contributed by atoms with Crippen LogP contribution in [0.1, 0.15) is 25.2 Å². The molecule has 0 amide bonds. The van der Waals surface area contributed by atoms with Crippen LogP contribution in [0.4, 0.5) is 0 Å². The molecule has 0 aliphatic heterocycles. The number of nitrogens with zero attached hydrogens (tertiary/aromatic N) is 7. The molecule has 0 atom stereocenters. The van der Waals surface area contributed by atoms with Crippen molar-refractivity contribution in [2.24, 2.45) is 0 Å². The number of aryl methyl sites for hydroxylation is 1. The minimum Gasteiger partial charge on any atom is -0.478 e. The largest absolute Gasteiger partial charge is 0.478 e. The molecule has 9 heteroatoms. The van der Waals surface area contributed by atoms with Gasteiger partial charge in [0, 0.05) is 18.1 Å². The number of aromatic amines is 1. The molecule has 2 aromatic carbocycles. The third kappa shape index (κ3) is 3.54. The van der Waals surface area contributed by atoms with Gasteiger partial charge in [-0.1, -0.05) is 55.5 Å². The van der Waals surface area contributed by atoms with Gasteiger partial charge in [0.1, 0.15) is 0 Å². The van der Waals surface area contributed by atoms with E-state index in [1.807, 2.05) is 47.4 Å². The zero-order valence-corrected chi connectivity index (χ0v) is 17.4. The third-order valence-electron chi connectivity index (χ3n) is 5.11. The molecule has 0 bridgehead atoms. The predicted octanol–water partition coefficient (Wildman–Crippen LogP) is 3.39. The van der Waals surface area contributed by atoms with E-state index < -0.39 is 0 Å². The Kier molecular flexibility index (Phi) is 4.91. The van der Waals surface area contributed by atoms with Crippen LogP contribution in [0.5, 0.6) is 5.88 Å². The Morgan fingerprint density at radius 1 is 1.00 bits per heavy atom. The summed E-state index contributed by atoms with van der Waals surface area (Å²) in [6, 6.07) is 18.4. The molecule has 3 aromatic heterocycles. The first-order chi connectivity index (χ1) is 15.3. The van der Waals surface area contributed by atoms with Gasteiger partial charge in [0.15, 0.2) is 11.5 Å².